The van der Waals surface area contributed by atoms with Crippen LogP contribution in [0.1, 0.15) is 25.6 Å². The molecule has 0 fully saturated rings. The highest BCUT2D eigenvalue weighted by molar-refractivity contribution is 7.11. The van der Waals surface area contributed by atoms with Crippen LogP contribution in [0.25, 0.3) is 5.76 Å². The third-order valence-corrected chi connectivity index (χ3v) is 8.26. The van der Waals surface area contributed by atoms with E-state index in [-0.39, 0.29) is 5.04 Å². The van der Waals surface area contributed by atoms with E-state index >= 15 is 0 Å². The van der Waals surface area contributed by atoms with Gasteiger partial charge in [0, 0.05) is 0 Å². The molecule has 1 heterocycles. The summed E-state index contributed by atoms with van der Waals surface area (Å²) in [5, 5.41) is 2.28. The van der Waals surface area contributed by atoms with E-state index in [9.17, 15) is 0 Å². The molecule has 3 heteroatoms. The van der Waals surface area contributed by atoms with Crippen molar-refractivity contribution >= 4 is 25.4 Å². The normalized spacial score (nSPS) is 12.6. The Bertz CT molecular complexity index is 333. The quantitative estimate of drug-likeness (QED) is 0.548. The Balaban J connectivity index is 2.75. The molecule has 0 aromatic carbocycles. The van der Waals surface area contributed by atoms with E-state index < -0.39 is 8.32 Å². The van der Waals surface area contributed by atoms with Gasteiger partial charge in [-0.25, -0.2) is 0 Å². The molecule has 0 saturated carbocycles. The Labute approximate surface area is 97.9 Å². The van der Waals surface area contributed by atoms with Crippen LogP contribution in [-0.4, -0.2) is 8.32 Å². The molecule has 0 saturated heterocycles. The first-order chi connectivity index (χ1) is 6.74. The predicted molar refractivity (Wildman–Crippen MR) is 71.6 cm³/mol. The molecular weight excluding hydrogens is 220 g/mol. The minimum absolute atomic E-state index is 0.229. The molecule has 0 atom stereocenters. The number of rotatable bonds is 3. The Morgan fingerprint density at radius 1 is 1.40 bits per heavy atom. The van der Waals surface area contributed by atoms with Gasteiger partial charge in [0.15, 0.2) is 0 Å². The average Bonchev–Trinajstić information content (AvgIpc) is 2.51. The molecular formula is C12H20OSSi. The van der Waals surface area contributed by atoms with Crippen LogP contribution in [0.2, 0.25) is 18.1 Å². The highest BCUT2D eigenvalue weighted by Crippen LogP contribution is 2.39. The summed E-state index contributed by atoms with van der Waals surface area (Å²) in [5.74, 6) is 0.830. The summed E-state index contributed by atoms with van der Waals surface area (Å²) < 4.78 is 6.10. The molecule has 1 nitrogen and oxygen atoms in total. The summed E-state index contributed by atoms with van der Waals surface area (Å²) in [7, 11) is -1.72. The fourth-order valence-electron chi connectivity index (χ4n) is 0.949. The van der Waals surface area contributed by atoms with Gasteiger partial charge >= 0.3 is 0 Å². The molecule has 0 amide bonds. The van der Waals surface area contributed by atoms with Gasteiger partial charge in [-0.05, 0) is 29.6 Å². The van der Waals surface area contributed by atoms with Gasteiger partial charge in [-0.15, -0.1) is 11.3 Å². The van der Waals surface area contributed by atoms with E-state index in [1.807, 2.05) is 6.07 Å². The molecule has 1 aromatic rings. The highest BCUT2D eigenvalue weighted by atomic mass is 32.1. The van der Waals surface area contributed by atoms with E-state index in [1.54, 1.807) is 11.3 Å². The molecule has 0 radical (unpaired) electrons. The number of hydrogen-bond donors (Lipinski definition) is 0. The topological polar surface area (TPSA) is 9.23 Å². The standard InChI is InChI=1S/C12H20OSSi/c1-10(11-8-7-9-14-11)13-15(5,6)12(2,3)4/h7-9H,1H2,2-6H3. The van der Waals surface area contributed by atoms with Crippen LogP contribution >= 0.6 is 11.3 Å². The van der Waals surface area contributed by atoms with Gasteiger partial charge in [0.1, 0.15) is 5.76 Å². The van der Waals surface area contributed by atoms with Crippen molar-refractivity contribution in [2.45, 2.75) is 38.9 Å². The lowest BCUT2D eigenvalue weighted by Gasteiger charge is -2.36. The van der Waals surface area contributed by atoms with E-state index in [2.05, 4.69) is 51.9 Å². The van der Waals surface area contributed by atoms with Gasteiger partial charge in [-0.1, -0.05) is 33.4 Å². The molecule has 0 N–H and O–H groups in total. The van der Waals surface area contributed by atoms with Crippen LogP contribution in [0, 0.1) is 0 Å². The average molecular weight is 240 g/mol. The summed E-state index contributed by atoms with van der Waals surface area (Å²) in [6, 6.07) is 4.08. The summed E-state index contributed by atoms with van der Waals surface area (Å²) in [4.78, 5) is 1.14. The summed E-state index contributed by atoms with van der Waals surface area (Å²) in [6.45, 7) is 15.2. The molecule has 1 rings (SSSR count). The SMILES string of the molecule is C=C(O[Si](C)(C)C(C)(C)C)c1cccs1. The van der Waals surface area contributed by atoms with Gasteiger partial charge in [0.2, 0.25) is 0 Å². The molecule has 0 unspecified atom stereocenters. The Morgan fingerprint density at radius 2 is 2.00 bits per heavy atom. The molecule has 0 bridgehead atoms. The van der Waals surface area contributed by atoms with Crippen LogP contribution in [-0.2, 0) is 4.43 Å². The van der Waals surface area contributed by atoms with Gasteiger partial charge < -0.3 is 4.43 Å². The van der Waals surface area contributed by atoms with Crippen molar-refractivity contribution in [1.29, 1.82) is 0 Å². The van der Waals surface area contributed by atoms with Crippen molar-refractivity contribution in [3.63, 3.8) is 0 Å². The lowest BCUT2D eigenvalue weighted by Crippen LogP contribution is -2.39. The number of hydrogen-bond acceptors (Lipinski definition) is 2. The second-order valence-corrected chi connectivity index (χ2v) is 10.9. The van der Waals surface area contributed by atoms with Crippen LogP contribution < -0.4 is 0 Å². The van der Waals surface area contributed by atoms with Gasteiger partial charge in [0.25, 0.3) is 8.32 Å². The van der Waals surface area contributed by atoms with Gasteiger partial charge in [-0.2, -0.15) is 0 Å². The highest BCUT2D eigenvalue weighted by Gasteiger charge is 2.39. The minimum Gasteiger partial charge on any atom is -0.543 e. The van der Waals surface area contributed by atoms with E-state index in [4.69, 9.17) is 4.43 Å². The molecule has 15 heavy (non-hydrogen) atoms. The maximum absolute atomic E-state index is 6.10. The Morgan fingerprint density at radius 3 is 2.40 bits per heavy atom. The largest absolute Gasteiger partial charge is 0.543 e. The summed E-state index contributed by atoms with van der Waals surface area (Å²) >= 11 is 1.68. The number of thiophene rings is 1. The first-order valence-corrected chi connectivity index (χ1v) is 8.94. The monoisotopic (exact) mass is 240 g/mol. The van der Waals surface area contributed by atoms with Crippen LogP contribution in [0.5, 0.6) is 0 Å². The maximum Gasteiger partial charge on any atom is 0.250 e. The van der Waals surface area contributed by atoms with Crippen molar-refractivity contribution in [1.82, 2.24) is 0 Å². The first-order valence-electron chi connectivity index (χ1n) is 5.16. The molecule has 0 aliphatic carbocycles. The van der Waals surface area contributed by atoms with Crippen molar-refractivity contribution in [3.05, 3.63) is 29.0 Å². The van der Waals surface area contributed by atoms with Crippen molar-refractivity contribution in [3.8, 4) is 0 Å². The second kappa shape index (κ2) is 4.14. The van der Waals surface area contributed by atoms with Crippen LogP contribution in [0.15, 0.2) is 24.1 Å². The fraction of sp³-hybridized carbons (Fsp3) is 0.500. The van der Waals surface area contributed by atoms with Crippen molar-refractivity contribution in [2.24, 2.45) is 0 Å². The third-order valence-electron chi connectivity index (χ3n) is 2.98. The third kappa shape index (κ3) is 2.95. The van der Waals surface area contributed by atoms with Crippen molar-refractivity contribution in [2.75, 3.05) is 0 Å². The van der Waals surface area contributed by atoms with Crippen molar-refractivity contribution < 1.29 is 4.43 Å². The summed E-state index contributed by atoms with van der Waals surface area (Å²) in [6.07, 6.45) is 0. The zero-order valence-corrected chi connectivity index (χ0v) is 12.1. The predicted octanol–water partition coefficient (Wildman–Crippen LogP) is 4.74. The zero-order valence-electron chi connectivity index (χ0n) is 10.3. The van der Waals surface area contributed by atoms with E-state index in [1.165, 1.54) is 0 Å². The summed E-state index contributed by atoms with van der Waals surface area (Å²) in [5.41, 5.74) is 0. The Kier molecular flexibility index (Phi) is 3.46. The lowest BCUT2D eigenvalue weighted by atomic mass is 10.2. The molecule has 84 valence electrons. The molecule has 0 aliphatic rings. The smallest absolute Gasteiger partial charge is 0.250 e. The lowest BCUT2D eigenvalue weighted by molar-refractivity contribution is 0.460. The van der Waals surface area contributed by atoms with E-state index in [0.29, 0.717) is 0 Å². The first kappa shape index (κ1) is 12.5. The van der Waals surface area contributed by atoms with Gasteiger partial charge in [-0.3, -0.25) is 0 Å². The fourth-order valence-corrected chi connectivity index (χ4v) is 2.69. The van der Waals surface area contributed by atoms with Gasteiger partial charge in [0.05, 0.1) is 4.88 Å². The molecule has 1 aromatic heterocycles. The second-order valence-electron chi connectivity index (χ2n) is 5.26. The molecule has 0 aliphatic heterocycles. The van der Waals surface area contributed by atoms with E-state index in [0.717, 1.165) is 10.6 Å². The molecule has 0 spiro atoms. The maximum atomic E-state index is 6.10. The zero-order chi connectivity index (χ0) is 11.7. The minimum atomic E-state index is -1.72. The Hall–Kier alpha value is -0.543. The van der Waals surface area contributed by atoms with Crippen LogP contribution in [0.3, 0.4) is 0 Å². The van der Waals surface area contributed by atoms with Crippen LogP contribution in [0.4, 0.5) is 0 Å².